The van der Waals surface area contributed by atoms with Crippen LogP contribution in [0.3, 0.4) is 0 Å². The van der Waals surface area contributed by atoms with Gasteiger partial charge in [0.2, 0.25) is 0 Å². The molecule has 1 aromatic carbocycles. The number of aryl methyl sites for hydroxylation is 2. The lowest BCUT2D eigenvalue weighted by atomic mass is 9.74. The van der Waals surface area contributed by atoms with Crippen molar-refractivity contribution in [1.82, 2.24) is 5.32 Å². The molecule has 2 rings (SSSR count). The molecule has 0 saturated heterocycles. The standard InChI is InChI=1S/C19H30FN/c1-12(2)17-7-6-13(3)8-18(17)21-11-16-9-14(4)19(20)15(5)10-16/h9-10,12-13,17-18,21H,6-8,11H2,1-5H3. The summed E-state index contributed by atoms with van der Waals surface area (Å²) in [5, 5.41) is 3.75. The summed E-state index contributed by atoms with van der Waals surface area (Å²) in [6, 6.07) is 4.55. The van der Waals surface area contributed by atoms with Crippen LogP contribution >= 0.6 is 0 Å². The molecule has 0 aromatic heterocycles. The maximum Gasteiger partial charge on any atom is 0.129 e. The molecule has 0 spiro atoms. The summed E-state index contributed by atoms with van der Waals surface area (Å²) in [6.45, 7) is 11.6. The quantitative estimate of drug-likeness (QED) is 0.823. The molecule has 1 fully saturated rings. The molecule has 3 atom stereocenters. The van der Waals surface area contributed by atoms with Gasteiger partial charge in [0, 0.05) is 12.6 Å². The largest absolute Gasteiger partial charge is 0.310 e. The lowest BCUT2D eigenvalue weighted by molar-refractivity contribution is 0.169. The number of benzene rings is 1. The Morgan fingerprint density at radius 2 is 1.81 bits per heavy atom. The lowest BCUT2D eigenvalue weighted by Gasteiger charge is -2.38. The Balaban J connectivity index is 2.03. The molecular weight excluding hydrogens is 261 g/mol. The highest BCUT2D eigenvalue weighted by Gasteiger charge is 2.30. The van der Waals surface area contributed by atoms with Crippen LogP contribution in [-0.2, 0) is 6.54 Å². The number of rotatable bonds is 4. The smallest absolute Gasteiger partial charge is 0.129 e. The Morgan fingerprint density at radius 1 is 1.19 bits per heavy atom. The van der Waals surface area contributed by atoms with Gasteiger partial charge in [-0.25, -0.2) is 4.39 Å². The molecule has 21 heavy (non-hydrogen) atoms. The van der Waals surface area contributed by atoms with E-state index in [1.54, 1.807) is 0 Å². The molecule has 0 radical (unpaired) electrons. The second kappa shape index (κ2) is 6.91. The van der Waals surface area contributed by atoms with E-state index in [9.17, 15) is 4.39 Å². The molecule has 1 nitrogen and oxygen atoms in total. The second-order valence-corrected chi connectivity index (χ2v) is 7.36. The predicted molar refractivity (Wildman–Crippen MR) is 87.8 cm³/mol. The van der Waals surface area contributed by atoms with Crippen molar-refractivity contribution in [3.63, 3.8) is 0 Å². The molecule has 1 N–H and O–H groups in total. The SMILES string of the molecule is Cc1cc(CNC2CC(C)CCC2C(C)C)cc(C)c1F. The molecule has 1 aliphatic carbocycles. The Bertz CT molecular complexity index is 457. The van der Waals surface area contributed by atoms with Crippen molar-refractivity contribution in [3.05, 3.63) is 34.6 Å². The maximum atomic E-state index is 13.7. The van der Waals surface area contributed by atoms with Crippen LogP contribution in [0, 0.1) is 37.4 Å². The summed E-state index contributed by atoms with van der Waals surface area (Å²) in [6.07, 6.45) is 3.95. The zero-order valence-electron chi connectivity index (χ0n) is 14.2. The van der Waals surface area contributed by atoms with E-state index in [1.807, 2.05) is 26.0 Å². The van der Waals surface area contributed by atoms with Crippen LogP contribution in [0.25, 0.3) is 0 Å². The van der Waals surface area contributed by atoms with Crippen molar-refractivity contribution in [2.75, 3.05) is 0 Å². The minimum absolute atomic E-state index is 0.0647. The van der Waals surface area contributed by atoms with Crippen LogP contribution in [0.4, 0.5) is 4.39 Å². The number of halogens is 1. The van der Waals surface area contributed by atoms with Gasteiger partial charge in [-0.3, -0.25) is 0 Å². The van der Waals surface area contributed by atoms with Gasteiger partial charge < -0.3 is 5.32 Å². The molecule has 2 heteroatoms. The van der Waals surface area contributed by atoms with Gasteiger partial charge in [-0.2, -0.15) is 0 Å². The third-order valence-corrected chi connectivity index (χ3v) is 5.09. The van der Waals surface area contributed by atoms with E-state index in [-0.39, 0.29) is 5.82 Å². The Labute approximate surface area is 129 Å². The van der Waals surface area contributed by atoms with Crippen molar-refractivity contribution in [2.24, 2.45) is 17.8 Å². The van der Waals surface area contributed by atoms with E-state index >= 15 is 0 Å². The van der Waals surface area contributed by atoms with Gasteiger partial charge in [-0.1, -0.05) is 39.3 Å². The van der Waals surface area contributed by atoms with Crippen LogP contribution in [-0.4, -0.2) is 6.04 Å². The fraction of sp³-hybridized carbons (Fsp3) is 0.684. The van der Waals surface area contributed by atoms with Gasteiger partial charge in [-0.05, 0) is 61.1 Å². The molecule has 1 aromatic rings. The molecule has 0 heterocycles. The fourth-order valence-electron chi connectivity index (χ4n) is 3.82. The minimum atomic E-state index is -0.0647. The van der Waals surface area contributed by atoms with Crippen molar-refractivity contribution in [3.8, 4) is 0 Å². The van der Waals surface area contributed by atoms with E-state index in [0.29, 0.717) is 6.04 Å². The highest BCUT2D eigenvalue weighted by Crippen LogP contribution is 2.33. The Morgan fingerprint density at radius 3 is 2.38 bits per heavy atom. The Hall–Kier alpha value is -0.890. The average molecular weight is 291 g/mol. The van der Waals surface area contributed by atoms with Gasteiger partial charge in [0.15, 0.2) is 0 Å². The molecule has 1 aliphatic rings. The van der Waals surface area contributed by atoms with Crippen LogP contribution in [0.5, 0.6) is 0 Å². The van der Waals surface area contributed by atoms with Gasteiger partial charge in [0.25, 0.3) is 0 Å². The van der Waals surface area contributed by atoms with E-state index in [2.05, 4.69) is 26.1 Å². The summed E-state index contributed by atoms with van der Waals surface area (Å²) in [5.41, 5.74) is 2.71. The molecule has 118 valence electrons. The zero-order chi connectivity index (χ0) is 15.6. The summed E-state index contributed by atoms with van der Waals surface area (Å²) in [4.78, 5) is 0. The van der Waals surface area contributed by atoms with Crippen molar-refractivity contribution >= 4 is 0 Å². The third-order valence-electron chi connectivity index (χ3n) is 5.09. The summed E-state index contributed by atoms with van der Waals surface area (Å²) >= 11 is 0. The third kappa shape index (κ3) is 4.06. The zero-order valence-corrected chi connectivity index (χ0v) is 14.2. The van der Waals surface area contributed by atoms with E-state index < -0.39 is 0 Å². The van der Waals surface area contributed by atoms with E-state index in [1.165, 1.54) is 24.8 Å². The maximum absolute atomic E-state index is 13.7. The molecule has 1 saturated carbocycles. The van der Waals surface area contributed by atoms with Gasteiger partial charge in [-0.15, -0.1) is 0 Å². The first-order chi connectivity index (χ1) is 9.88. The lowest BCUT2D eigenvalue weighted by Crippen LogP contribution is -2.42. The van der Waals surface area contributed by atoms with E-state index in [0.717, 1.165) is 35.4 Å². The minimum Gasteiger partial charge on any atom is -0.310 e. The van der Waals surface area contributed by atoms with Crippen molar-refractivity contribution in [2.45, 2.75) is 66.5 Å². The molecular formula is C19H30FN. The first-order valence-electron chi connectivity index (χ1n) is 8.37. The van der Waals surface area contributed by atoms with Crippen molar-refractivity contribution < 1.29 is 4.39 Å². The highest BCUT2D eigenvalue weighted by molar-refractivity contribution is 5.30. The number of nitrogens with one attached hydrogen (secondary N) is 1. The molecule has 0 aliphatic heterocycles. The molecule has 0 bridgehead atoms. The first-order valence-corrected chi connectivity index (χ1v) is 8.37. The van der Waals surface area contributed by atoms with Gasteiger partial charge in [0.05, 0.1) is 0 Å². The predicted octanol–water partition coefficient (Wildman–Crippen LogP) is 4.99. The molecule has 0 amide bonds. The first kappa shape index (κ1) is 16.5. The van der Waals surface area contributed by atoms with Crippen LogP contribution in [0.15, 0.2) is 12.1 Å². The summed E-state index contributed by atoms with van der Waals surface area (Å²) in [5.74, 6) is 2.25. The van der Waals surface area contributed by atoms with E-state index in [4.69, 9.17) is 0 Å². The van der Waals surface area contributed by atoms with Crippen LogP contribution < -0.4 is 5.32 Å². The van der Waals surface area contributed by atoms with Crippen molar-refractivity contribution in [1.29, 1.82) is 0 Å². The number of hydrogen-bond acceptors (Lipinski definition) is 1. The van der Waals surface area contributed by atoms with Gasteiger partial charge in [0.1, 0.15) is 5.82 Å². The topological polar surface area (TPSA) is 12.0 Å². The monoisotopic (exact) mass is 291 g/mol. The average Bonchev–Trinajstić information content (AvgIpc) is 2.42. The summed E-state index contributed by atoms with van der Waals surface area (Å²) in [7, 11) is 0. The molecule has 3 unspecified atom stereocenters. The van der Waals surface area contributed by atoms with Gasteiger partial charge >= 0.3 is 0 Å². The fourth-order valence-corrected chi connectivity index (χ4v) is 3.82. The van der Waals surface area contributed by atoms with Crippen LogP contribution in [0.2, 0.25) is 0 Å². The Kier molecular flexibility index (Phi) is 5.43. The summed E-state index contributed by atoms with van der Waals surface area (Å²) < 4.78 is 13.7. The van der Waals surface area contributed by atoms with Crippen LogP contribution in [0.1, 0.15) is 56.7 Å². The second-order valence-electron chi connectivity index (χ2n) is 7.36. The number of hydrogen-bond donors (Lipinski definition) is 1. The normalized spacial score (nSPS) is 26.3. The highest BCUT2D eigenvalue weighted by atomic mass is 19.1.